The molecule has 0 aliphatic carbocycles. The van der Waals surface area contributed by atoms with Gasteiger partial charge in [-0.15, -0.1) is 0 Å². The molecule has 0 saturated carbocycles. The van der Waals surface area contributed by atoms with Crippen LogP contribution in [-0.2, 0) is 6.42 Å². The van der Waals surface area contributed by atoms with E-state index in [-0.39, 0.29) is 0 Å². The molecule has 0 bridgehead atoms. The Morgan fingerprint density at radius 1 is 1.11 bits per heavy atom. The fraction of sp³-hybridized carbons (Fsp3) is 0.294. The van der Waals surface area contributed by atoms with Gasteiger partial charge in [-0.1, -0.05) is 48.0 Å². The van der Waals surface area contributed by atoms with Crippen molar-refractivity contribution in [3.8, 4) is 5.75 Å². The van der Waals surface area contributed by atoms with E-state index in [9.17, 15) is 5.11 Å². The van der Waals surface area contributed by atoms with Crippen LogP contribution in [0.25, 0.3) is 0 Å². The molecule has 0 radical (unpaired) electrons. The summed E-state index contributed by atoms with van der Waals surface area (Å²) in [5, 5.41) is 10.6. The molecule has 1 aliphatic heterocycles. The van der Waals surface area contributed by atoms with Crippen LogP contribution in [-0.4, -0.2) is 11.7 Å². The van der Waals surface area contributed by atoms with Crippen molar-refractivity contribution in [2.75, 3.05) is 6.61 Å². The lowest BCUT2D eigenvalue weighted by Crippen LogP contribution is -2.12. The lowest BCUT2D eigenvalue weighted by Gasteiger charge is -2.23. The summed E-state index contributed by atoms with van der Waals surface area (Å²) in [4.78, 5) is 0. The summed E-state index contributed by atoms with van der Waals surface area (Å²) in [6.07, 6.45) is 1.47. The zero-order valence-electron chi connectivity index (χ0n) is 11.1. The third-order valence-corrected chi connectivity index (χ3v) is 3.65. The highest BCUT2D eigenvalue weighted by Gasteiger charge is 2.20. The van der Waals surface area contributed by atoms with Crippen LogP contribution in [0, 0.1) is 6.92 Å². The van der Waals surface area contributed by atoms with Crippen LogP contribution in [0.5, 0.6) is 5.75 Å². The molecule has 0 aromatic heterocycles. The lowest BCUT2D eigenvalue weighted by atomic mass is 9.95. The van der Waals surface area contributed by atoms with E-state index in [1.165, 1.54) is 11.1 Å². The van der Waals surface area contributed by atoms with E-state index in [2.05, 4.69) is 6.07 Å². The van der Waals surface area contributed by atoms with Gasteiger partial charge in [0.05, 0.1) is 6.61 Å². The number of para-hydroxylation sites is 1. The third kappa shape index (κ3) is 2.36. The second kappa shape index (κ2) is 5.06. The minimum Gasteiger partial charge on any atom is -0.493 e. The Morgan fingerprint density at radius 3 is 2.68 bits per heavy atom. The normalized spacial score (nSPS) is 15.5. The number of hydrogen-bond acceptors (Lipinski definition) is 2. The van der Waals surface area contributed by atoms with Crippen LogP contribution in [0.1, 0.15) is 34.8 Å². The van der Waals surface area contributed by atoms with Gasteiger partial charge >= 0.3 is 0 Å². The molecular formula is C17H18O2. The van der Waals surface area contributed by atoms with Gasteiger partial charge in [-0.2, -0.15) is 0 Å². The topological polar surface area (TPSA) is 29.5 Å². The Hall–Kier alpha value is -1.80. The first kappa shape index (κ1) is 12.2. The number of aryl methyl sites for hydroxylation is 2. The molecule has 3 rings (SSSR count). The van der Waals surface area contributed by atoms with Crippen molar-refractivity contribution >= 4 is 0 Å². The Labute approximate surface area is 113 Å². The molecular weight excluding hydrogens is 236 g/mol. The van der Waals surface area contributed by atoms with E-state index in [1.807, 2.05) is 43.3 Å². The Kier molecular flexibility index (Phi) is 3.26. The molecule has 2 aromatic carbocycles. The molecule has 2 heteroatoms. The van der Waals surface area contributed by atoms with Gasteiger partial charge in [0.15, 0.2) is 0 Å². The van der Waals surface area contributed by atoms with Crippen molar-refractivity contribution in [3.05, 3.63) is 64.7 Å². The fourth-order valence-electron chi connectivity index (χ4n) is 2.56. The standard InChI is InChI=1S/C17H18O2/c1-12-7-9-13(10-8-12)16(18)15-6-2-4-14-5-3-11-19-17(14)15/h2,4,6-10,16,18H,3,5,11H2,1H3. The Balaban J connectivity index is 1.99. The van der Waals surface area contributed by atoms with Crippen LogP contribution in [0.3, 0.4) is 0 Å². The average Bonchev–Trinajstić information content (AvgIpc) is 2.47. The fourth-order valence-corrected chi connectivity index (χ4v) is 2.56. The molecule has 2 aromatic rings. The van der Waals surface area contributed by atoms with Crippen LogP contribution in [0.2, 0.25) is 0 Å². The smallest absolute Gasteiger partial charge is 0.128 e. The molecule has 1 heterocycles. The summed E-state index contributed by atoms with van der Waals surface area (Å²) in [6.45, 7) is 2.79. The van der Waals surface area contributed by atoms with Gasteiger partial charge in [0.25, 0.3) is 0 Å². The van der Waals surface area contributed by atoms with Gasteiger partial charge in [-0.25, -0.2) is 0 Å². The summed E-state index contributed by atoms with van der Waals surface area (Å²) < 4.78 is 5.76. The van der Waals surface area contributed by atoms with Gasteiger partial charge in [-0.3, -0.25) is 0 Å². The number of aliphatic hydroxyl groups is 1. The maximum absolute atomic E-state index is 10.6. The first-order chi connectivity index (χ1) is 9.25. The molecule has 0 saturated heterocycles. The molecule has 1 atom stereocenters. The summed E-state index contributed by atoms with van der Waals surface area (Å²) >= 11 is 0. The molecule has 1 aliphatic rings. The van der Waals surface area contributed by atoms with Crippen molar-refractivity contribution in [3.63, 3.8) is 0 Å². The number of fused-ring (bicyclic) bond motifs is 1. The van der Waals surface area contributed by atoms with Crippen molar-refractivity contribution in [1.82, 2.24) is 0 Å². The average molecular weight is 254 g/mol. The van der Waals surface area contributed by atoms with Crippen molar-refractivity contribution in [1.29, 1.82) is 0 Å². The number of hydrogen-bond donors (Lipinski definition) is 1. The first-order valence-corrected chi connectivity index (χ1v) is 6.75. The number of aliphatic hydroxyl groups excluding tert-OH is 1. The van der Waals surface area contributed by atoms with Crippen LogP contribution in [0.15, 0.2) is 42.5 Å². The molecule has 0 spiro atoms. The number of rotatable bonds is 2. The first-order valence-electron chi connectivity index (χ1n) is 6.75. The Bertz CT molecular complexity index is 572. The molecule has 1 N–H and O–H groups in total. The minimum absolute atomic E-state index is 0.617. The molecule has 2 nitrogen and oxygen atoms in total. The van der Waals surface area contributed by atoms with E-state index in [0.717, 1.165) is 36.3 Å². The number of ether oxygens (including phenoxy) is 1. The molecule has 0 fully saturated rings. The minimum atomic E-state index is -0.617. The summed E-state index contributed by atoms with van der Waals surface area (Å²) in [6, 6.07) is 14.0. The highest BCUT2D eigenvalue weighted by molar-refractivity contribution is 5.47. The van der Waals surface area contributed by atoms with Crippen LogP contribution >= 0.6 is 0 Å². The van der Waals surface area contributed by atoms with Gasteiger partial charge in [0.2, 0.25) is 0 Å². The third-order valence-electron chi connectivity index (χ3n) is 3.65. The van der Waals surface area contributed by atoms with Gasteiger partial charge in [-0.05, 0) is 30.9 Å². The summed E-state index contributed by atoms with van der Waals surface area (Å²) in [5.74, 6) is 0.877. The molecule has 0 amide bonds. The van der Waals surface area contributed by atoms with E-state index < -0.39 is 6.10 Å². The quantitative estimate of drug-likeness (QED) is 0.890. The maximum Gasteiger partial charge on any atom is 0.128 e. The summed E-state index contributed by atoms with van der Waals surface area (Å²) in [7, 11) is 0. The van der Waals surface area contributed by atoms with E-state index in [4.69, 9.17) is 4.74 Å². The van der Waals surface area contributed by atoms with Gasteiger partial charge in [0, 0.05) is 5.56 Å². The van der Waals surface area contributed by atoms with Crippen LogP contribution in [0.4, 0.5) is 0 Å². The lowest BCUT2D eigenvalue weighted by molar-refractivity contribution is 0.206. The number of benzene rings is 2. The van der Waals surface area contributed by atoms with E-state index >= 15 is 0 Å². The largest absolute Gasteiger partial charge is 0.493 e. The monoisotopic (exact) mass is 254 g/mol. The maximum atomic E-state index is 10.6. The highest BCUT2D eigenvalue weighted by Crippen LogP contribution is 2.35. The molecule has 1 unspecified atom stereocenters. The zero-order chi connectivity index (χ0) is 13.2. The second-order valence-electron chi connectivity index (χ2n) is 5.10. The van der Waals surface area contributed by atoms with Gasteiger partial charge in [0.1, 0.15) is 11.9 Å². The van der Waals surface area contributed by atoms with Crippen LogP contribution < -0.4 is 4.74 Å². The van der Waals surface area contributed by atoms with E-state index in [1.54, 1.807) is 0 Å². The Morgan fingerprint density at radius 2 is 1.89 bits per heavy atom. The zero-order valence-corrected chi connectivity index (χ0v) is 11.1. The van der Waals surface area contributed by atoms with Crippen molar-refractivity contribution in [2.24, 2.45) is 0 Å². The van der Waals surface area contributed by atoms with Gasteiger partial charge < -0.3 is 9.84 Å². The van der Waals surface area contributed by atoms with Crippen molar-refractivity contribution < 1.29 is 9.84 Å². The predicted octanol–water partition coefficient (Wildman–Crippen LogP) is 3.40. The van der Waals surface area contributed by atoms with Crippen molar-refractivity contribution in [2.45, 2.75) is 25.9 Å². The molecule has 19 heavy (non-hydrogen) atoms. The highest BCUT2D eigenvalue weighted by atomic mass is 16.5. The SMILES string of the molecule is Cc1ccc(C(O)c2cccc3c2OCCC3)cc1. The molecule has 98 valence electrons. The van der Waals surface area contributed by atoms with E-state index in [0.29, 0.717) is 0 Å². The summed E-state index contributed by atoms with van der Waals surface area (Å²) in [5.41, 5.74) is 4.19. The second-order valence-corrected chi connectivity index (χ2v) is 5.10. The predicted molar refractivity (Wildman–Crippen MR) is 75.5 cm³/mol.